The number of aliphatic hydroxyl groups is 2. The summed E-state index contributed by atoms with van der Waals surface area (Å²) < 4.78 is 40.7. The van der Waals surface area contributed by atoms with Crippen LogP contribution in [0.15, 0.2) is 58.4 Å². The third-order valence-corrected chi connectivity index (χ3v) is 13.1. The van der Waals surface area contributed by atoms with Gasteiger partial charge in [-0.25, -0.2) is 28.8 Å². The van der Waals surface area contributed by atoms with Gasteiger partial charge in [0.15, 0.2) is 11.4 Å². The number of H-pyrrole nitrogens is 1. The van der Waals surface area contributed by atoms with Crippen LogP contribution in [0.4, 0.5) is 9.59 Å². The Balaban J connectivity index is 0.000000182. The maximum atomic E-state index is 13.6. The Morgan fingerprint density at radius 1 is 0.738 bits per heavy atom. The molecule has 3 aliphatic heterocycles. The first-order valence-corrected chi connectivity index (χ1v) is 27.0. The van der Waals surface area contributed by atoms with Crippen LogP contribution in [0.3, 0.4) is 0 Å². The molecule has 4 aromatic heterocycles. The first-order valence-electron chi connectivity index (χ1n) is 27.0. The molecule has 0 aliphatic carbocycles. The van der Waals surface area contributed by atoms with E-state index in [2.05, 4.69) is 29.0 Å². The van der Waals surface area contributed by atoms with E-state index in [1.807, 2.05) is 42.9 Å². The average molecular weight is 1110 g/mol. The summed E-state index contributed by atoms with van der Waals surface area (Å²) in [5.74, 6) is -1.25. The SMILES string of the molecule is CCOC(=O)c1[nH]c(=O)n2c1CN(C(=O)OC(C)(C)C)C(C)C2.CCOC(=O)c1c2n(c(=O)n1-c1ccc3c(cnn3C[C@@H](C)O)c1)CC(C)N(C(=O)OC(C)(C)C)C2.C[C@@H](O)Cn1ncc2cc(B3OCC(C)(C)CO3)ccc21. The second-order valence-electron chi connectivity index (χ2n) is 23.3. The van der Waals surface area contributed by atoms with Crippen LogP contribution in [0.2, 0.25) is 0 Å². The Morgan fingerprint density at radius 2 is 1.23 bits per heavy atom. The number of hydrogen-bond acceptors (Lipinski definition) is 16. The van der Waals surface area contributed by atoms with Gasteiger partial charge in [0.05, 0.1) is 104 Å². The highest BCUT2D eigenvalue weighted by molar-refractivity contribution is 6.61. The van der Waals surface area contributed by atoms with Gasteiger partial charge in [0.25, 0.3) is 0 Å². The van der Waals surface area contributed by atoms with Crippen LogP contribution in [-0.2, 0) is 67.5 Å². The lowest BCUT2D eigenvalue weighted by Crippen LogP contribution is -2.48. The average Bonchev–Trinajstić information content (AvgIpc) is 4.11. The Morgan fingerprint density at radius 3 is 1.74 bits per heavy atom. The first-order chi connectivity index (χ1) is 37.5. The highest BCUT2D eigenvalue weighted by atomic mass is 16.6. The molecule has 80 heavy (non-hydrogen) atoms. The van der Waals surface area contributed by atoms with Gasteiger partial charge in [0, 0.05) is 42.5 Å². The second-order valence-corrected chi connectivity index (χ2v) is 23.3. The Hall–Kier alpha value is -7.22. The van der Waals surface area contributed by atoms with Crippen molar-refractivity contribution in [2.75, 3.05) is 26.4 Å². The molecule has 24 nitrogen and oxygen atoms in total. The van der Waals surface area contributed by atoms with E-state index in [0.717, 1.165) is 27.3 Å². The number of aliphatic hydroxyl groups excluding tert-OH is 2. The van der Waals surface area contributed by atoms with E-state index in [-0.39, 0.29) is 80.2 Å². The number of rotatable bonds is 10. The third kappa shape index (κ3) is 14.0. The van der Waals surface area contributed by atoms with E-state index in [1.165, 1.54) is 23.5 Å². The van der Waals surface area contributed by atoms with E-state index in [0.29, 0.717) is 49.9 Å². The third-order valence-electron chi connectivity index (χ3n) is 13.1. The highest BCUT2D eigenvalue weighted by Gasteiger charge is 2.39. The predicted octanol–water partition coefficient (Wildman–Crippen LogP) is 5.36. The largest absolute Gasteiger partial charge is 0.493 e. The fraction of sp³-hybridized carbons (Fsp3) is 0.564. The molecule has 0 radical (unpaired) electrons. The minimum atomic E-state index is -0.683. The van der Waals surface area contributed by atoms with Crippen molar-refractivity contribution in [2.24, 2.45) is 5.41 Å². The molecule has 25 heteroatoms. The molecule has 4 atom stereocenters. The van der Waals surface area contributed by atoms with Crippen molar-refractivity contribution >= 4 is 58.5 Å². The number of fused-ring (bicyclic) bond motifs is 4. The zero-order valence-electron chi connectivity index (χ0n) is 48.4. The number of benzene rings is 2. The monoisotopic (exact) mass is 1110 g/mol. The quantitative estimate of drug-likeness (QED) is 0.0885. The number of hydrogen-bond donors (Lipinski definition) is 3. The normalized spacial score (nSPS) is 17.8. The number of aromatic amines is 1. The van der Waals surface area contributed by atoms with E-state index in [1.54, 1.807) is 98.3 Å². The molecule has 3 aliphatic rings. The number of ether oxygens (including phenoxy) is 4. The molecule has 1 saturated heterocycles. The van der Waals surface area contributed by atoms with Gasteiger partial charge in [-0.05, 0) is 113 Å². The van der Waals surface area contributed by atoms with Crippen molar-refractivity contribution in [1.82, 2.24) is 48.0 Å². The number of nitrogens with zero attached hydrogens (tertiary/aromatic N) is 9. The first kappa shape index (κ1) is 60.4. The van der Waals surface area contributed by atoms with E-state index < -0.39 is 47.5 Å². The second kappa shape index (κ2) is 24.3. The van der Waals surface area contributed by atoms with Crippen molar-refractivity contribution < 1.29 is 57.6 Å². The fourth-order valence-corrected chi connectivity index (χ4v) is 9.45. The molecular formula is C55H77BN10O14. The molecular weight excluding hydrogens is 1040 g/mol. The maximum absolute atomic E-state index is 13.6. The van der Waals surface area contributed by atoms with Gasteiger partial charge in [-0.3, -0.25) is 37.8 Å². The summed E-state index contributed by atoms with van der Waals surface area (Å²) in [4.78, 5) is 81.5. The maximum Gasteiger partial charge on any atom is 0.493 e. The molecule has 2 aromatic carbocycles. The van der Waals surface area contributed by atoms with Crippen molar-refractivity contribution in [1.29, 1.82) is 0 Å². The number of imidazole rings is 2. The summed E-state index contributed by atoms with van der Waals surface area (Å²) in [5.41, 5.74) is 2.31. The summed E-state index contributed by atoms with van der Waals surface area (Å²) in [5, 5.41) is 29.7. The van der Waals surface area contributed by atoms with Gasteiger partial charge >= 0.3 is 42.6 Å². The fourth-order valence-electron chi connectivity index (χ4n) is 9.45. The Labute approximate surface area is 464 Å². The molecule has 6 aromatic rings. The van der Waals surface area contributed by atoms with Crippen molar-refractivity contribution in [3.05, 3.63) is 92.5 Å². The zero-order chi connectivity index (χ0) is 58.8. The number of amides is 2. The summed E-state index contributed by atoms with van der Waals surface area (Å²) >= 11 is 0. The highest BCUT2D eigenvalue weighted by Crippen LogP contribution is 2.28. The van der Waals surface area contributed by atoms with E-state index >= 15 is 0 Å². The number of nitrogens with one attached hydrogen (secondary N) is 1. The van der Waals surface area contributed by atoms with Crippen molar-refractivity contribution in [3.63, 3.8) is 0 Å². The molecule has 0 bridgehead atoms. The van der Waals surface area contributed by atoms with Crippen molar-refractivity contribution in [2.45, 2.75) is 172 Å². The minimum absolute atomic E-state index is 0.0288. The zero-order valence-corrected chi connectivity index (χ0v) is 48.4. The number of carbonyl (C=O) groups is 4. The molecule has 1 fully saturated rings. The molecule has 9 rings (SSSR count). The molecule has 2 amide bonds. The van der Waals surface area contributed by atoms with Crippen LogP contribution in [0, 0.1) is 5.41 Å². The van der Waals surface area contributed by atoms with Gasteiger partial charge in [-0.1, -0.05) is 26.0 Å². The molecule has 0 spiro atoms. The smallest absolute Gasteiger partial charge is 0.461 e. The topological polar surface area (TPSA) is 271 Å². The van der Waals surface area contributed by atoms with Gasteiger partial charge in [0.1, 0.15) is 11.2 Å². The van der Waals surface area contributed by atoms with Gasteiger partial charge in [-0.15, -0.1) is 0 Å². The van der Waals surface area contributed by atoms with Gasteiger partial charge in [-0.2, -0.15) is 10.2 Å². The van der Waals surface area contributed by atoms with Crippen LogP contribution in [0.1, 0.15) is 129 Å². The number of esters is 2. The summed E-state index contributed by atoms with van der Waals surface area (Å²) in [6, 6.07) is 10.8. The molecule has 2 unspecified atom stereocenters. The Bertz CT molecular complexity index is 3320. The lowest BCUT2D eigenvalue weighted by molar-refractivity contribution is 0.00840. The van der Waals surface area contributed by atoms with E-state index in [9.17, 15) is 39.0 Å². The lowest BCUT2D eigenvalue weighted by Gasteiger charge is -2.35. The summed E-state index contributed by atoms with van der Waals surface area (Å²) in [7, 11) is -0.303. The Kier molecular flexibility index (Phi) is 18.3. The molecule has 434 valence electrons. The van der Waals surface area contributed by atoms with Crippen LogP contribution in [0.5, 0.6) is 0 Å². The molecule has 0 saturated carbocycles. The van der Waals surface area contributed by atoms with Crippen LogP contribution in [-0.4, -0.2) is 151 Å². The molecule has 7 heterocycles. The van der Waals surface area contributed by atoms with Crippen LogP contribution < -0.4 is 16.8 Å². The minimum Gasteiger partial charge on any atom is -0.461 e. The number of carbonyl (C=O) groups excluding carboxylic acids is 4. The summed E-state index contributed by atoms with van der Waals surface area (Å²) in [6.07, 6.45) is 1.49. The van der Waals surface area contributed by atoms with E-state index in [4.69, 9.17) is 28.3 Å². The standard InChI is InChI=1S/C25H33N5O6.C15H21BN2O3.C15H23N3O5/c1-7-35-22(32)21-20-14-27(24(34)36-25(4,5)6)15(2)12-28(20)23(33)30(21)18-8-9-19-17(10-18)11-26-29(19)13-16(3)31;1-11(19)8-18-14-5-4-13(6-12(14)7-17-18)16-20-9-15(2,3)10-21-16;1-6-22-12(19)11-10-8-17(14(21)23-15(3,4)5)9(2)7-18(10)13(20)16-11/h8-11,15-16,31H,7,12-14H2,1-6H3;4-7,11,19H,8-10H2,1-3H3;9H,6-8H2,1-5H3,(H,16,20)/t15?,16-;11-;/m11./s1. The predicted molar refractivity (Wildman–Crippen MR) is 297 cm³/mol. The van der Waals surface area contributed by atoms with Gasteiger partial charge in [0.2, 0.25) is 0 Å². The van der Waals surface area contributed by atoms with Crippen LogP contribution in [0.25, 0.3) is 27.5 Å². The van der Waals surface area contributed by atoms with Crippen molar-refractivity contribution in [3.8, 4) is 5.69 Å². The summed E-state index contributed by atoms with van der Waals surface area (Å²) in [6.45, 7) is 28.7. The lowest BCUT2D eigenvalue weighted by atomic mass is 9.75. The number of aromatic nitrogens is 8. The molecule has 3 N–H and O–H groups in total. The van der Waals surface area contributed by atoms with Crippen LogP contribution >= 0.6 is 0 Å². The van der Waals surface area contributed by atoms with Gasteiger partial charge < -0.3 is 38.5 Å².